The number of allylic oxidation sites excluding steroid dienone is 1. The Morgan fingerprint density at radius 2 is 2.00 bits per heavy atom. The molecule has 2 heterocycles. The van der Waals surface area contributed by atoms with Crippen LogP contribution in [0.2, 0.25) is 0 Å². The van der Waals surface area contributed by atoms with Gasteiger partial charge in [-0.3, -0.25) is 0 Å². The highest BCUT2D eigenvalue weighted by molar-refractivity contribution is 9.10. The minimum absolute atomic E-state index is 0.830. The van der Waals surface area contributed by atoms with Gasteiger partial charge in [0, 0.05) is 16.3 Å². The van der Waals surface area contributed by atoms with Gasteiger partial charge in [-0.1, -0.05) is 21.5 Å². The maximum atomic E-state index is 6.06. The minimum atomic E-state index is 0.830. The maximum absolute atomic E-state index is 6.06. The van der Waals surface area contributed by atoms with Crippen LogP contribution in [0.3, 0.4) is 0 Å². The first-order valence-corrected chi connectivity index (χ1v) is 7.76. The van der Waals surface area contributed by atoms with E-state index in [0.717, 1.165) is 56.7 Å². The van der Waals surface area contributed by atoms with Crippen molar-refractivity contribution in [3.8, 4) is 11.3 Å². The van der Waals surface area contributed by atoms with Gasteiger partial charge in [0.1, 0.15) is 22.9 Å². The van der Waals surface area contributed by atoms with E-state index >= 15 is 0 Å². The Morgan fingerprint density at radius 1 is 1.19 bits per heavy atom. The monoisotopic (exact) mass is 344 g/mol. The quantitative estimate of drug-likeness (QED) is 0.521. The normalized spacial score (nSPS) is 11.2. The zero-order valence-electron chi connectivity index (χ0n) is 12.2. The molecule has 108 valence electrons. The van der Waals surface area contributed by atoms with Crippen LogP contribution >= 0.6 is 15.9 Å². The van der Waals surface area contributed by atoms with Crippen molar-refractivity contribution in [2.45, 2.75) is 26.7 Å². The highest BCUT2D eigenvalue weighted by atomic mass is 79.9. The second-order valence-corrected chi connectivity index (χ2v) is 6.32. The van der Waals surface area contributed by atoms with Gasteiger partial charge in [0.05, 0.1) is 5.56 Å². The van der Waals surface area contributed by atoms with E-state index < -0.39 is 0 Å². The summed E-state index contributed by atoms with van der Waals surface area (Å²) in [6.45, 7) is 7.96. The van der Waals surface area contributed by atoms with Crippen molar-refractivity contribution in [3.05, 3.63) is 58.5 Å². The molecule has 0 radical (unpaired) electrons. The van der Waals surface area contributed by atoms with Gasteiger partial charge in [-0.25, -0.2) is 0 Å². The van der Waals surface area contributed by atoms with Gasteiger partial charge in [0.25, 0.3) is 0 Å². The Labute approximate surface area is 132 Å². The van der Waals surface area contributed by atoms with Crippen LogP contribution in [-0.2, 0) is 6.42 Å². The molecule has 1 aromatic carbocycles. The summed E-state index contributed by atoms with van der Waals surface area (Å²) in [6.07, 6.45) is 1.74. The molecule has 3 heteroatoms. The summed E-state index contributed by atoms with van der Waals surface area (Å²) in [5.74, 6) is 2.73. The Bertz CT molecular complexity index is 808. The first kappa shape index (κ1) is 14.2. The highest BCUT2D eigenvalue weighted by Crippen LogP contribution is 2.37. The molecule has 0 bridgehead atoms. The van der Waals surface area contributed by atoms with Crippen LogP contribution in [0.25, 0.3) is 22.3 Å². The summed E-state index contributed by atoms with van der Waals surface area (Å²) >= 11 is 3.49. The molecule has 0 saturated carbocycles. The predicted molar refractivity (Wildman–Crippen MR) is 89.5 cm³/mol. The molecule has 0 aliphatic heterocycles. The van der Waals surface area contributed by atoms with Gasteiger partial charge >= 0.3 is 0 Å². The molecule has 0 saturated heterocycles. The van der Waals surface area contributed by atoms with Gasteiger partial charge in [-0.15, -0.1) is 6.58 Å². The van der Waals surface area contributed by atoms with Crippen LogP contribution in [0, 0.1) is 6.92 Å². The summed E-state index contributed by atoms with van der Waals surface area (Å²) in [5, 5.41) is 1.09. The number of rotatable bonds is 4. The molecule has 0 spiro atoms. The lowest BCUT2D eigenvalue weighted by atomic mass is 10.0. The van der Waals surface area contributed by atoms with E-state index in [9.17, 15) is 0 Å². The van der Waals surface area contributed by atoms with E-state index in [-0.39, 0.29) is 0 Å². The second kappa shape index (κ2) is 5.57. The number of benzene rings is 1. The molecule has 0 N–H and O–H groups in total. The largest absolute Gasteiger partial charge is 0.461 e. The number of aryl methyl sites for hydroxylation is 2. The first-order valence-electron chi connectivity index (χ1n) is 6.96. The Morgan fingerprint density at radius 3 is 2.67 bits per heavy atom. The van der Waals surface area contributed by atoms with Crippen LogP contribution in [0.4, 0.5) is 0 Å². The molecular weight excluding hydrogens is 328 g/mol. The zero-order valence-corrected chi connectivity index (χ0v) is 13.8. The zero-order chi connectivity index (χ0) is 15.0. The third-order valence-electron chi connectivity index (χ3n) is 3.49. The van der Waals surface area contributed by atoms with E-state index in [1.807, 2.05) is 38.1 Å². The summed E-state index contributed by atoms with van der Waals surface area (Å²) in [5.41, 5.74) is 3.09. The van der Waals surface area contributed by atoms with Crippen molar-refractivity contribution in [3.63, 3.8) is 0 Å². The van der Waals surface area contributed by atoms with Crippen molar-refractivity contribution < 1.29 is 8.83 Å². The maximum Gasteiger partial charge on any atom is 0.138 e. The molecule has 2 nitrogen and oxygen atoms in total. The van der Waals surface area contributed by atoms with Crippen LogP contribution in [0.5, 0.6) is 0 Å². The fraction of sp³-hybridized carbons (Fsp3) is 0.222. The molecule has 0 unspecified atom stereocenters. The molecule has 21 heavy (non-hydrogen) atoms. The van der Waals surface area contributed by atoms with Gasteiger partial charge in [0.15, 0.2) is 0 Å². The SMILES string of the molecule is C=C(C)CCc1oc2cc(Br)ccc2c1-c1ccc(C)o1. The number of furan rings is 2. The van der Waals surface area contributed by atoms with Crippen molar-refractivity contribution in [2.24, 2.45) is 0 Å². The molecule has 3 aromatic rings. The van der Waals surface area contributed by atoms with E-state index in [2.05, 4.69) is 28.6 Å². The average molecular weight is 345 g/mol. The summed E-state index contributed by atoms with van der Waals surface area (Å²) in [6, 6.07) is 10.1. The topological polar surface area (TPSA) is 26.3 Å². The van der Waals surface area contributed by atoms with Gasteiger partial charge in [-0.05, 0) is 50.6 Å². The summed E-state index contributed by atoms with van der Waals surface area (Å²) in [4.78, 5) is 0. The van der Waals surface area contributed by atoms with Crippen molar-refractivity contribution in [1.82, 2.24) is 0 Å². The van der Waals surface area contributed by atoms with Crippen molar-refractivity contribution >= 4 is 26.9 Å². The predicted octanol–water partition coefficient (Wildman–Crippen LogP) is 6.27. The van der Waals surface area contributed by atoms with Gasteiger partial charge in [-0.2, -0.15) is 0 Å². The molecule has 0 fully saturated rings. The standard InChI is InChI=1S/C18H17BrO2/c1-11(2)4-8-16-18(15-9-5-12(3)20-15)14-7-6-13(19)10-17(14)21-16/h5-7,9-10H,1,4,8H2,2-3H3. The van der Waals surface area contributed by atoms with Crippen LogP contribution in [-0.4, -0.2) is 0 Å². The fourth-order valence-corrected chi connectivity index (χ4v) is 2.80. The van der Waals surface area contributed by atoms with E-state index in [0.29, 0.717) is 0 Å². The van der Waals surface area contributed by atoms with Crippen LogP contribution < -0.4 is 0 Å². The number of hydrogen-bond acceptors (Lipinski definition) is 2. The molecule has 0 amide bonds. The Kier molecular flexibility index (Phi) is 3.77. The highest BCUT2D eigenvalue weighted by Gasteiger charge is 2.18. The molecular formula is C18H17BrO2. The molecule has 3 rings (SSSR count). The number of fused-ring (bicyclic) bond motifs is 1. The van der Waals surface area contributed by atoms with Gasteiger partial charge in [0.2, 0.25) is 0 Å². The number of hydrogen-bond donors (Lipinski definition) is 0. The molecule has 2 aromatic heterocycles. The lowest BCUT2D eigenvalue weighted by molar-refractivity contribution is 0.530. The van der Waals surface area contributed by atoms with Gasteiger partial charge < -0.3 is 8.83 Å². The Hall–Kier alpha value is -1.74. The molecule has 0 atom stereocenters. The van der Waals surface area contributed by atoms with Crippen molar-refractivity contribution in [1.29, 1.82) is 0 Å². The number of halogens is 1. The second-order valence-electron chi connectivity index (χ2n) is 5.41. The minimum Gasteiger partial charge on any atom is -0.461 e. The third kappa shape index (κ3) is 2.84. The molecule has 0 aliphatic carbocycles. The lowest BCUT2D eigenvalue weighted by Gasteiger charge is -2.01. The average Bonchev–Trinajstić information content (AvgIpc) is 2.98. The van der Waals surface area contributed by atoms with E-state index in [4.69, 9.17) is 8.83 Å². The summed E-state index contributed by atoms with van der Waals surface area (Å²) < 4.78 is 12.9. The Balaban J connectivity index is 2.17. The lowest BCUT2D eigenvalue weighted by Crippen LogP contribution is -1.86. The fourth-order valence-electron chi connectivity index (χ4n) is 2.46. The third-order valence-corrected chi connectivity index (χ3v) is 3.98. The van der Waals surface area contributed by atoms with Crippen LogP contribution in [0.15, 0.2) is 55.8 Å². The molecule has 0 aliphatic rings. The van der Waals surface area contributed by atoms with Crippen LogP contribution in [0.1, 0.15) is 24.9 Å². The van der Waals surface area contributed by atoms with E-state index in [1.54, 1.807) is 0 Å². The first-order chi connectivity index (χ1) is 10.0. The summed E-state index contributed by atoms with van der Waals surface area (Å²) in [7, 11) is 0. The smallest absolute Gasteiger partial charge is 0.138 e. The van der Waals surface area contributed by atoms with Crippen molar-refractivity contribution in [2.75, 3.05) is 0 Å². The van der Waals surface area contributed by atoms with E-state index in [1.165, 1.54) is 0 Å².